The van der Waals surface area contributed by atoms with Crippen LogP contribution in [0.25, 0.3) is 0 Å². The maximum atomic E-state index is 12.8. The van der Waals surface area contributed by atoms with Crippen molar-refractivity contribution in [3.63, 3.8) is 0 Å². The molecule has 0 fully saturated rings. The zero-order valence-electron chi connectivity index (χ0n) is 15.7. The second-order valence-electron chi connectivity index (χ2n) is 6.58. The van der Waals surface area contributed by atoms with E-state index in [1.54, 1.807) is 36.4 Å². The van der Waals surface area contributed by atoms with Crippen molar-refractivity contribution in [2.75, 3.05) is 16.4 Å². The number of nitrogens with two attached hydrogens (primary N) is 1. The van der Waals surface area contributed by atoms with Gasteiger partial charge in [0.05, 0.1) is 12.0 Å². The van der Waals surface area contributed by atoms with Crippen LogP contribution in [0.2, 0.25) is 0 Å². The number of halogens is 3. The highest BCUT2D eigenvalue weighted by Gasteiger charge is 2.30. The van der Waals surface area contributed by atoms with E-state index in [2.05, 4.69) is 10.6 Å². The predicted octanol–water partition coefficient (Wildman–Crippen LogP) is 4.72. The molecule has 0 aromatic heterocycles. The van der Waals surface area contributed by atoms with Crippen LogP contribution in [0.3, 0.4) is 0 Å². The van der Waals surface area contributed by atoms with E-state index in [4.69, 9.17) is 5.73 Å². The smallest absolute Gasteiger partial charge is 0.399 e. The van der Waals surface area contributed by atoms with E-state index in [1.807, 2.05) is 0 Å². The van der Waals surface area contributed by atoms with Gasteiger partial charge in [0.25, 0.3) is 5.91 Å². The minimum Gasteiger partial charge on any atom is -0.399 e. The molecular formula is C22H18F3N3O2. The average Bonchev–Trinajstić information content (AvgIpc) is 2.70. The Morgan fingerprint density at radius 1 is 0.833 bits per heavy atom. The summed E-state index contributed by atoms with van der Waals surface area (Å²) in [6.45, 7) is 0. The van der Waals surface area contributed by atoms with Gasteiger partial charge in [-0.2, -0.15) is 13.2 Å². The minimum absolute atomic E-state index is 0.0377. The van der Waals surface area contributed by atoms with Crippen molar-refractivity contribution < 1.29 is 22.8 Å². The number of nitrogens with one attached hydrogen (secondary N) is 2. The van der Waals surface area contributed by atoms with Crippen LogP contribution in [0, 0.1) is 0 Å². The molecule has 0 saturated carbocycles. The largest absolute Gasteiger partial charge is 0.416 e. The normalized spacial score (nSPS) is 11.0. The third kappa shape index (κ3) is 5.60. The summed E-state index contributed by atoms with van der Waals surface area (Å²) in [6.07, 6.45) is -4.33. The van der Waals surface area contributed by atoms with Crippen molar-refractivity contribution in [3.8, 4) is 0 Å². The SMILES string of the molecule is Nc1ccc(CC(=O)Nc2ccc(C(=O)Nc3cccc(C(F)(F)F)c3)cc2)cc1. The number of hydrogen-bond donors (Lipinski definition) is 3. The van der Waals surface area contributed by atoms with Crippen molar-refractivity contribution >= 4 is 28.9 Å². The molecule has 2 amide bonds. The number of carbonyl (C=O) groups excluding carboxylic acids is 2. The predicted molar refractivity (Wildman–Crippen MR) is 109 cm³/mol. The zero-order chi connectivity index (χ0) is 21.7. The highest BCUT2D eigenvalue weighted by atomic mass is 19.4. The molecular weight excluding hydrogens is 395 g/mol. The lowest BCUT2D eigenvalue weighted by molar-refractivity contribution is -0.137. The number of nitrogen functional groups attached to an aromatic ring is 1. The van der Waals surface area contributed by atoms with Crippen LogP contribution < -0.4 is 16.4 Å². The summed E-state index contributed by atoms with van der Waals surface area (Å²) in [5, 5.41) is 5.15. The fraction of sp³-hybridized carbons (Fsp3) is 0.0909. The summed E-state index contributed by atoms with van der Waals surface area (Å²) in [5.41, 5.74) is 6.95. The molecule has 3 rings (SSSR count). The summed E-state index contributed by atoms with van der Waals surface area (Å²) < 4.78 is 38.3. The Morgan fingerprint density at radius 2 is 1.50 bits per heavy atom. The van der Waals surface area contributed by atoms with Crippen molar-refractivity contribution in [3.05, 3.63) is 89.5 Å². The molecule has 0 aliphatic carbocycles. The van der Waals surface area contributed by atoms with Crippen LogP contribution in [-0.2, 0) is 17.4 Å². The first-order valence-corrected chi connectivity index (χ1v) is 8.94. The molecule has 154 valence electrons. The number of hydrogen-bond acceptors (Lipinski definition) is 3. The first kappa shape index (κ1) is 20.9. The van der Waals surface area contributed by atoms with Gasteiger partial charge in [0.15, 0.2) is 0 Å². The van der Waals surface area contributed by atoms with E-state index in [1.165, 1.54) is 24.3 Å². The number of anilines is 3. The number of amides is 2. The Balaban J connectivity index is 1.60. The van der Waals surface area contributed by atoms with Gasteiger partial charge in [-0.3, -0.25) is 9.59 Å². The van der Waals surface area contributed by atoms with Gasteiger partial charge >= 0.3 is 6.18 Å². The van der Waals surface area contributed by atoms with Gasteiger partial charge in [-0.25, -0.2) is 0 Å². The molecule has 0 aliphatic heterocycles. The van der Waals surface area contributed by atoms with Crippen molar-refractivity contribution in [2.24, 2.45) is 0 Å². The summed E-state index contributed by atoms with van der Waals surface area (Å²) >= 11 is 0. The quantitative estimate of drug-likeness (QED) is 0.529. The summed E-state index contributed by atoms with van der Waals surface area (Å²) in [6, 6.07) is 17.4. The lowest BCUT2D eigenvalue weighted by atomic mass is 10.1. The van der Waals surface area contributed by atoms with E-state index < -0.39 is 17.6 Å². The van der Waals surface area contributed by atoms with Gasteiger partial charge < -0.3 is 16.4 Å². The van der Waals surface area contributed by atoms with Crippen LogP contribution in [0.15, 0.2) is 72.8 Å². The summed E-state index contributed by atoms with van der Waals surface area (Å²) in [7, 11) is 0. The molecule has 3 aromatic carbocycles. The molecule has 0 atom stereocenters. The van der Waals surface area contributed by atoms with Crippen LogP contribution in [-0.4, -0.2) is 11.8 Å². The molecule has 0 saturated heterocycles. The van der Waals surface area contributed by atoms with Crippen molar-refractivity contribution in [1.82, 2.24) is 0 Å². The number of alkyl halides is 3. The molecule has 0 radical (unpaired) electrons. The Morgan fingerprint density at radius 3 is 2.13 bits per heavy atom. The fourth-order valence-corrected chi connectivity index (χ4v) is 2.71. The van der Waals surface area contributed by atoms with Gasteiger partial charge in [-0.15, -0.1) is 0 Å². The van der Waals surface area contributed by atoms with Gasteiger partial charge in [-0.1, -0.05) is 18.2 Å². The fourth-order valence-electron chi connectivity index (χ4n) is 2.71. The molecule has 8 heteroatoms. The second kappa shape index (κ2) is 8.69. The summed E-state index contributed by atoms with van der Waals surface area (Å²) in [5.74, 6) is -0.796. The number of carbonyl (C=O) groups is 2. The zero-order valence-corrected chi connectivity index (χ0v) is 15.7. The van der Waals surface area contributed by atoms with Crippen LogP contribution in [0.1, 0.15) is 21.5 Å². The van der Waals surface area contributed by atoms with Crippen molar-refractivity contribution in [1.29, 1.82) is 0 Å². The summed E-state index contributed by atoms with van der Waals surface area (Å²) in [4.78, 5) is 24.4. The molecule has 0 unspecified atom stereocenters. The first-order chi connectivity index (χ1) is 14.2. The molecule has 30 heavy (non-hydrogen) atoms. The lowest BCUT2D eigenvalue weighted by Gasteiger charge is -2.10. The minimum atomic E-state index is -4.49. The first-order valence-electron chi connectivity index (χ1n) is 8.94. The van der Waals surface area contributed by atoms with E-state index in [0.717, 1.165) is 17.7 Å². The van der Waals surface area contributed by atoms with E-state index in [0.29, 0.717) is 11.4 Å². The standard InChI is InChI=1S/C22H18F3N3O2/c23-22(24,25)16-2-1-3-19(13-16)28-21(30)15-6-10-18(11-7-15)27-20(29)12-14-4-8-17(26)9-5-14/h1-11,13H,12,26H2,(H,27,29)(H,28,30). The third-order valence-electron chi connectivity index (χ3n) is 4.22. The van der Waals surface area contributed by atoms with E-state index in [9.17, 15) is 22.8 Å². The van der Waals surface area contributed by atoms with Crippen LogP contribution >= 0.6 is 0 Å². The molecule has 0 aliphatic rings. The van der Waals surface area contributed by atoms with Crippen LogP contribution in [0.4, 0.5) is 30.2 Å². The maximum Gasteiger partial charge on any atom is 0.416 e. The average molecular weight is 413 g/mol. The molecule has 0 spiro atoms. The molecule has 0 bridgehead atoms. The number of rotatable bonds is 5. The lowest BCUT2D eigenvalue weighted by Crippen LogP contribution is -2.15. The monoisotopic (exact) mass is 413 g/mol. The molecule has 3 aromatic rings. The maximum absolute atomic E-state index is 12.8. The second-order valence-corrected chi connectivity index (χ2v) is 6.58. The van der Waals surface area contributed by atoms with Crippen LogP contribution in [0.5, 0.6) is 0 Å². The van der Waals surface area contributed by atoms with Gasteiger partial charge in [0.2, 0.25) is 5.91 Å². The van der Waals surface area contributed by atoms with Gasteiger partial charge in [0.1, 0.15) is 0 Å². The third-order valence-corrected chi connectivity index (χ3v) is 4.22. The number of benzene rings is 3. The Hall–Kier alpha value is -3.81. The Labute approximate surface area is 170 Å². The molecule has 5 nitrogen and oxygen atoms in total. The molecule has 4 N–H and O–H groups in total. The Kier molecular flexibility index (Phi) is 6.06. The Bertz CT molecular complexity index is 1050. The highest BCUT2D eigenvalue weighted by molar-refractivity contribution is 6.04. The van der Waals surface area contributed by atoms with Crippen molar-refractivity contribution in [2.45, 2.75) is 12.6 Å². The van der Waals surface area contributed by atoms with Gasteiger partial charge in [0, 0.05) is 22.6 Å². The molecule has 0 heterocycles. The van der Waals surface area contributed by atoms with Gasteiger partial charge in [-0.05, 0) is 60.2 Å². The highest BCUT2D eigenvalue weighted by Crippen LogP contribution is 2.30. The topological polar surface area (TPSA) is 84.2 Å². The van der Waals surface area contributed by atoms with E-state index >= 15 is 0 Å². The van der Waals surface area contributed by atoms with E-state index in [-0.39, 0.29) is 23.6 Å².